The van der Waals surface area contributed by atoms with Gasteiger partial charge in [0.15, 0.2) is 5.79 Å². The van der Waals surface area contributed by atoms with Crippen LogP contribution in [0.15, 0.2) is 39.7 Å². The van der Waals surface area contributed by atoms with E-state index in [-0.39, 0.29) is 5.82 Å². The van der Waals surface area contributed by atoms with E-state index in [1.54, 1.807) is 13.2 Å². The number of benzene rings is 2. The van der Waals surface area contributed by atoms with Crippen molar-refractivity contribution in [3.05, 3.63) is 51.7 Å². The van der Waals surface area contributed by atoms with Crippen LogP contribution in [0.3, 0.4) is 0 Å². The lowest BCUT2D eigenvalue weighted by Gasteiger charge is -2.35. The van der Waals surface area contributed by atoms with Crippen LogP contribution in [0.5, 0.6) is 11.5 Å². The molecule has 4 nitrogen and oxygen atoms in total. The second-order valence-electron chi connectivity index (χ2n) is 6.97. The quantitative estimate of drug-likeness (QED) is 0.607. The molecule has 2 aliphatic rings. The van der Waals surface area contributed by atoms with Crippen molar-refractivity contribution in [2.24, 2.45) is 0 Å². The zero-order chi connectivity index (χ0) is 19.2. The van der Waals surface area contributed by atoms with Crippen molar-refractivity contribution in [1.82, 2.24) is 0 Å². The third-order valence-corrected chi connectivity index (χ3v) is 7.77. The lowest BCUT2D eigenvalue weighted by Crippen LogP contribution is -2.25. The number of fused-ring (bicyclic) bond motifs is 2. The Kier molecular flexibility index (Phi) is 5.01. The van der Waals surface area contributed by atoms with E-state index < -0.39 is 16.1 Å². The minimum atomic E-state index is -1.47. The molecule has 2 aromatic carbocycles. The molecule has 2 aromatic rings. The van der Waals surface area contributed by atoms with Gasteiger partial charge in [0.05, 0.1) is 13.2 Å². The molecule has 1 saturated heterocycles. The van der Waals surface area contributed by atoms with Crippen LogP contribution in [0.4, 0.5) is 4.39 Å². The number of rotatable bonds is 4. The van der Waals surface area contributed by atoms with Gasteiger partial charge in [0.25, 0.3) is 0 Å². The molecular formula is C20H22BrFO4S. The first-order chi connectivity index (χ1) is 12.8. The maximum absolute atomic E-state index is 13.7. The highest BCUT2D eigenvalue weighted by Gasteiger charge is 2.48. The van der Waals surface area contributed by atoms with Crippen molar-refractivity contribution >= 4 is 26.2 Å². The highest BCUT2D eigenvalue weighted by molar-refractivity contribution is 9.10. The summed E-state index contributed by atoms with van der Waals surface area (Å²) in [5, 5.41) is 0. The third-order valence-electron chi connectivity index (χ3n) is 5.08. The van der Waals surface area contributed by atoms with E-state index in [9.17, 15) is 4.39 Å². The van der Waals surface area contributed by atoms with Gasteiger partial charge in [-0.05, 0) is 43.2 Å². The first kappa shape index (κ1) is 19.2. The lowest BCUT2D eigenvalue weighted by atomic mass is 10.1. The van der Waals surface area contributed by atoms with E-state index in [0.717, 1.165) is 28.9 Å². The Labute approximate surface area is 168 Å². The van der Waals surface area contributed by atoms with E-state index >= 15 is 0 Å². The normalized spacial score (nSPS) is 18.7. The Morgan fingerprint density at radius 1 is 1.15 bits per heavy atom. The van der Waals surface area contributed by atoms with Gasteiger partial charge in [-0.15, -0.1) is 10.3 Å². The molecule has 1 spiro atoms. The summed E-state index contributed by atoms with van der Waals surface area (Å²) in [6.07, 6.45) is 5.72. The van der Waals surface area contributed by atoms with E-state index in [0.29, 0.717) is 29.2 Å². The first-order valence-electron chi connectivity index (χ1n) is 8.72. The molecule has 0 aromatic heterocycles. The Hall–Kier alpha value is -1.12. The van der Waals surface area contributed by atoms with Crippen LogP contribution in [-0.2, 0) is 25.9 Å². The molecule has 7 heteroatoms. The van der Waals surface area contributed by atoms with Gasteiger partial charge < -0.3 is 18.4 Å². The fourth-order valence-electron chi connectivity index (χ4n) is 3.74. The second-order valence-corrected chi connectivity index (χ2v) is 11.1. The number of halogens is 2. The van der Waals surface area contributed by atoms with E-state index in [2.05, 4.69) is 28.4 Å². The fourth-order valence-corrected chi connectivity index (χ4v) is 5.53. The molecule has 146 valence electrons. The fraction of sp³-hybridized carbons (Fsp3) is 0.400. The van der Waals surface area contributed by atoms with Gasteiger partial charge in [-0.1, -0.05) is 15.9 Å². The summed E-state index contributed by atoms with van der Waals surface area (Å²) >= 11 is 3.31. The summed E-state index contributed by atoms with van der Waals surface area (Å²) in [4.78, 5) is 1.10. The van der Waals surface area contributed by atoms with Crippen LogP contribution < -0.4 is 4.74 Å². The highest BCUT2D eigenvalue weighted by Crippen LogP contribution is 2.59. The van der Waals surface area contributed by atoms with Gasteiger partial charge in [-0.25, -0.2) is 4.39 Å². The molecule has 0 saturated carbocycles. The standard InChI is InChI=1S/C20H22BrFO4S/c1-23-27(2,3)18-5-4-17(26-15-11-13(21)10-14(22)12-15)16-6-7-20(19(16)18)24-8-9-25-20/h4-5,10-12H,6-9H2,1-3H3. The molecule has 0 amide bonds. The van der Waals surface area contributed by atoms with Crippen molar-refractivity contribution in [3.8, 4) is 11.5 Å². The summed E-state index contributed by atoms with van der Waals surface area (Å²) in [5.41, 5.74) is 2.07. The van der Waals surface area contributed by atoms with Gasteiger partial charge in [0, 0.05) is 40.1 Å². The average Bonchev–Trinajstić information content (AvgIpc) is 3.23. The number of hydrogen-bond acceptors (Lipinski definition) is 4. The van der Waals surface area contributed by atoms with Gasteiger partial charge >= 0.3 is 0 Å². The van der Waals surface area contributed by atoms with Crippen molar-refractivity contribution in [2.75, 3.05) is 32.8 Å². The maximum atomic E-state index is 13.7. The van der Waals surface area contributed by atoms with Crippen LogP contribution in [0.1, 0.15) is 17.5 Å². The maximum Gasteiger partial charge on any atom is 0.196 e. The van der Waals surface area contributed by atoms with Crippen LogP contribution in [0.2, 0.25) is 0 Å². The smallest absolute Gasteiger partial charge is 0.196 e. The SMILES string of the molecule is COS(C)(C)c1ccc(Oc2cc(F)cc(Br)c2)c2c1C1(CC2)OCCO1. The molecule has 1 fully saturated rings. The van der Waals surface area contributed by atoms with Gasteiger partial charge in [-0.2, -0.15) is 0 Å². The van der Waals surface area contributed by atoms with E-state index in [1.165, 1.54) is 12.1 Å². The second kappa shape index (κ2) is 7.04. The molecule has 1 aliphatic heterocycles. The highest BCUT2D eigenvalue weighted by atomic mass is 79.9. The first-order valence-corrected chi connectivity index (χ1v) is 11.9. The van der Waals surface area contributed by atoms with Crippen molar-refractivity contribution in [1.29, 1.82) is 0 Å². The molecule has 4 rings (SSSR count). The van der Waals surface area contributed by atoms with E-state index in [1.807, 2.05) is 12.1 Å². The Morgan fingerprint density at radius 2 is 1.89 bits per heavy atom. The third kappa shape index (κ3) is 3.40. The van der Waals surface area contributed by atoms with E-state index in [4.69, 9.17) is 18.4 Å². The Morgan fingerprint density at radius 3 is 2.56 bits per heavy atom. The molecule has 1 aliphatic carbocycles. The van der Waals surface area contributed by atoms with Crippen molar-refractivity contribution in [3.63, 3.8) is 0 Å². The topological polar surface area (TPSA) is 36.9 Å². The average molecular weight is 457 g/mol. The lowest BCUT2D eigenvalue weighted by molar-refractivity contribution is -0.164. The summed E-state index contributed by atoms with van der Waals surface area (Å²) in [5.74, 6) is 0.0736. The number of ether oxygens (including phenoxy) is 3. The summed E-state index contributed by atoms with van der Waals surface area (Å²) in [6, 6.07) is 8.50. The summed E-state index contributed by atoms with van der Waals surface area (Å²) in [7, 11) is 0.258. The minimum Gasteiger partial charge on any atom is -0.457 e. The molecule has 0 radical (unpaired) electrons. The molecule has 0 unspecified atom stereocenters. The van der Waals surface area contributed by atoms with Crippen LogP contribution in [0, 0.1) is 5.82 Å². The summed E-state index contributed by atoms with van der Waals surface area (Å²) in [6.45, 7) is 1.15. The number of hydrogen-bond donors (Lipinski definition) is 0. The molecule has 0 bridgehead atoms. The summed E-state index contributed by atoms with van der Waals surface area (Å²) < 4.78 is 38.4. The Bertz CT molecular complexity index is 860. The zero-order valence-electron chi connectivity index (χ0n) is 15.5. The largest absolute Gasteiger partial charge is 0.457 e. The minimum absolute atomic E-state index is 0.350. The Balaban J connectivity index is 1.83. The zero-order valence-corrected chi connectivity index (χ0v) is 17.9. The molecular weight excluding hydrogens is 435 g/mol. The van der Waals surface area contributed by atoms with Gasteiger partial charge in [-0.3, -0.25) is 0 Å². The van der Waals surface area contributed by atoms with Crippen LogP contribution in [0.25, 0.3) is 0 Å². The van der Waals surface area contributed by atoms with Crippen molar-refractivity contribution < 1.29 is 22.8 Å². The van der Waals surface area contributed by atoms with Gasteiger partial charge in [0.1, 0.15) is 17.3 Å². The van der Waals surface area contributed by atoms with Crippen LogP contribution >= 0.6 is 26.2 Å². The van der Waals surface area contributed by atoms with Crippen molar-refractivity contribution in [2.45, 2.75) is 23.5 Å². The van der Waals surface area contributed by atoms with Gasteiger partial charge in [0.2, 0.25) is 0 Å². The monoisotopic (exact) mass is 456 g/mol. The molecule has 0 atom stereocenters. The predicted octanol–water partition coefficient (Wildman–Crippen LogP) is 5.51. The molecule has 0 N–H and O–H groups in total. The molecule has 1 heterocycles. The predicted molar refractivity (Wildman–Crippen MR) is 107 cm³/mol. The van der Waals surface area contributed by atoms with Crippen LogP contribution in [-0.4, -0.2) is 32.8 Å². The molecule has 27 heavy (non-hydrogen) atoms.